The van der Waals surface area contributed by atoms with Gasteiger partial charge in [0.05, 0.1) is 12.5 Å². The predicted octanol–water partition coefficient (Wildman–Crippen LogP) is 5.61. The Labute approximate surface area is 207 Å². The molecular formula is C28H37N3O4. The molecule has 2 aromatic rings. The number of rotatable bonds is 8. The first kappa shape index (κ1) is 26.3. The van der Waals surface area contributed by atoms with Crippen LogP contribution in [-0.4, -0.2) is 29.6 Å². The maximum Gasteiger partial charge on any atom is 0.319 e. The summed E-state index contributed by atoms with van der Waals surface area (Å²) in [6, 6.07) is 16.2. The van der Waals surface area contributed by atoms with Crippen LogP contribution in [0.5, 0.6) is 0 Å². The number of hydrogen-bond donors (Lipinski definition) is 4. The predicted molar refractivity (Wildman–Crippen MR) is 137 cm³/mol. The zero-order chi connectivity index (χ0) is 25.4. The minimum absolute atomic E-state index is 0.0801. The van der Waals surface area contributed by atoms with Crippen molar-refractivity contribution in [3.63, 3.8) is 0 Å². The molecular weight excluding hydrogens is 442 g/mol. The van der Waals surface area contributed by atoms with Crippen LogP contribution in [0.25, 0.3) is 0 Å². The van der Waals surface area contributed by atoms with Crippen molar-refractivity contribution in [2.45, 2.75) is 58.9 Å². The molecule has 0 aliphatic heterocycles. The molecule has 0 radical (unpaired) electrons. The van der Waals surface area contributed by atoms with Crippen molar-refractivity contribution in [1.82, 2.24) is 10.6 Å². The van der Waals surface area contributed by atoms with Gasteiger partial charge >= 0.3 is 12.0 Å². The zero-order valence-electron chi connectivity index (χ0n) is 20.8. The van der Waals surface area contributed by atoms with E-state index in [1.54, 1.807) is 12.1 Å². The van der Waals surface area contributed by atoms with Crippen LogP contribution in [0.2, 0.25) is 0 Å². The number of carboxylic acid groups (broad SMARTS) is 1. The Balaban J connectivity index is 1.72. The molecule has 0 aromatic heterocycles. The van der Waals surface area contributed by atoms with Gasteiger partial charge < -0.3 is 21.1 Å². The fourth-order valence-corrected chi connectivity index (χ4v) is 4.85. The van der Waals surface area contributed by atoms with Crippen molar-refractivity contribution in [1.29, 1.82) is 0 Å². The van der Waals surface area contributed by atoms with Crippen molar-refractivity contribution >= 4 is 23.6 Å². The molecule has 3 rings (SSSR count). The van der Waals surface area contributed by atoms with Gasteiger partial charge in [0.1, 0.15) is 0 Å². The van der Waals surface area contributed by atoms with E-state index in [1.165, 1.54) is 0 Å². The smallest absolute Gasteiger partial charge is 0.319 e. The summed E-state index contributed by atoms with van der Waals surface area (Å²) in [4.78, 5) is 35.9. The fourth-order valence-electron chi connectivity index (χ4n) is 4.85. The van der Waals surface area contributed by atoms with E-state index in [4.69, 9.17) is 5.11 Å². The summed E-state index contributed by atoms with van der Waals surface area (Å²) in [7, 11) is 0. The molecule has 35 heavy (non-hydrogen) atoms. The molecule has 0 bridgehead atoms. The van der Waals surface area contributed by atoms with Crippen molar-refractivity contribution in [3.05, 3.63) is 65.7 Å². The van der Waals surface area contributed by atoms with Crippen LogP contribution in [0.4, 0.5) is 10.5 Å². The Morgan fingerprint density at radius 1 is 0.943 bits per heavy atom. The molecule has 1 aliphatic rings. The number of carbonyl (C=O) groups is 3. The molecule has 0 heterocycles. The number of nitrogens with one attached hydrogen (secondary N) is 3. The van der Waals surface area contributed by atoms with Crippen LogP contribution in [0.1, 0.15) is 74.8 Å². The number of amides is 3. The van der Waals surface area contributed by atoms with Gasteiger partial charge in [-0.05, 0) is 72.8 Å². The number of aliphatic carboxylic acids is 1. The van der Waals surface area contributed by atoms with Gasteiger partial charge in [-0.3, -0.25) is 9.59 Å². The van der Waals surface area contributed by atoms with Crippen LogP contribution in [-0.2, 0) is 4.79 Å². The van der Waals surface area contributed by atoms with Gasteiger partial charge in [0.25, 0.3) is 5.91 Å². The SMILES string of the molecule is CC(C)(C)[C@H]1CC[C@H](C(NC(=O)Nc2ccccc2)c2ccc(C(=O)NCCC(=O)O)cc2)CC1. The number of urea groups is 1. The van der Waals surface area contributed by atoms with E-state index in [0.29, 0.717) is 17.4 Å². The minimum atomic E-state index is -0.954. The van der Waals surface area contributed by atoms with Gasteiger partial charge in [0.15, 0.2) is 0 Å². The second-order valence-corrected chi connectivity index (χ2v) is 10.4. The molecule has 1 fully saturated rings. The summed E-state index contributed by atoms with van der Waals surface area (Å²) in [6.07, 6.45) is 4.17. The van der Waals surface area contributed by atoms with Crippen molar-refractivity contribution in [2.75, 3.05) is 11.9 Å². The Hall–Kier alpha value is -3.35. The average molecular weight is 480 g/mol. The second kappa shape index (κ2) is 11.9. The fraction of sp³-hybridized carbons (Fsp3) is 0.464. The molecule has 1 unspecified atom stereocenters. The maximum absolute atomic E-state index is 12.9. The van der Waals surface area contributed by atoms with Gasteiger partial charge in [-0.15, -0.1) is 0 Å². The largest absolute Gasteiger partial charge is 0.481 e. The molecule has 4 N–H and O–H groups in total. The topological polar surface area (TPSA) is 108 Å². The van der Waals surface area contributed by atoms with E-state index in [9.17, 15) is 14.4 Å². The highest BCUT2D eigenvalue weighted by atomic mass is 16.4. The van der Waals surface area contributed by atoms with Gasteiger partial charge in [-0.1, -0.05) is 51.1 Å². The molecule has 0 spiro atoms. The van der Waals surface area contributed by atoms with Crippen LogP contribution in [0.3, 0.4) is 0 Å². The third-order valence-corrected chi connectivity index (χ3v) is 6.94. The van der Waals surface area contributed by atoms with E-state index < -0.39 is 5.97 Å². The summed E-state index contributed by atoms with van der Waals surface area (Å²) in [5, 5.41) is 17.5. The summed E-state index contributed by atoms with van der Waals surface area (Å²) < 4.78 is 0. The molecule has 188 valence electrons. The van der Waals surface area contributed by atoms with Crippen LogP contribution in [0.15, 0.2) is 54.6 Å². The lowest BCUT2D eigenvalue weighted by Gasteiger charge is -2.39. The molecule has 7 heteroatoms. The minimum Gasteiger partial charge on any atom is -0.481 e. The first-order chi connectivity index (χ1) is 16.6. The molecule has 1 saturated carbocycles. The quantitative estimate of drug-likeness (QED) is 0.395. The summed E-state index contributed by atoms with van der Waals surface area (Å²) in [6.45, 7) is 6.96. The molecule has 0 saturated heterocycles. The van der Waals surface area contributed by atoms with E-state index in [-0.39, 0.29) is 36.4 Å². The Bertz CT molecular complexity index is 991. The van der Waals surface area contributed by atoms with Crippen LogP contribution >= 0.6 is 0 Å². The standard InChI is InChI=1S/C28H37N3O4/c1-28(2,3)22-15-13-20(14-16-22)25(31-27(35)30-23-7-5-4-6-8-23)19-9-11-21(12-10-19)26(34)29-18-17-24(32)33/h4-12,20,22,25H,13-18H2,1-3H3,(H,29,34)(H,32,33)(H2,30,31,35)/t20-,22-,25?. The van der Waals surface area contributed by atoms with Crippen LogP contribution in [0, 0.1) is 17.3 Å². The molecule has 1 atom stereocenters. The molecule has 7 nitrogen and oxygen atoms in total. The highest BCUT2D eigenvalue weighted by Crippen LogP contribution is 2.43. The summed E-state index contributed by atoms with van der Waals surface area (Å²) in [5.41, 5.74) is 2.42. The first-order valence-electron chi connectivity index (χ1n) is 12.4. The van der Waals surface area contributed by atoms with E-state index in [0.717, 1.165) is 36.9 Å². The number of hydrogen-bond acceptors (Lipinski definition) is 3. The third-order valence-electron chi connectivity index (χ3n) is 6.94. The molecule has 3 amide bonds. The van der Waals surface area contributed by atoms with Crippen LogP contribution < -0.4 is 16.0 Å². The number of para-hydroxylation sites is 1. The van der Waals surface area contributed by atoms with Crippen molar-refractivity contribution < 1.29 is 19.5 Å². The lowest BCUT2D eigenvalue weighted by atomic mass is 9.68. The number of benzene rings is 2. The average Bonchev–Trinajstić information content (AvgIpc) is 2.82. The summed E-state index contributed by atoms with van der Waals surface area (Å²) >= 11 is 0. The van der Waals surface area contributed by atoms with E-state index in [2.05, 4.69) is 36.7 Å². The second-order valence-electron chi connectivity index (χ2n) is 10.4. The maximum atomic E-state index is 12.9. The molecule has 2 aromatic carbocycles. The van der Waals surface area contributed by atoms with E-state index in [1.807, 2.05) is 42.5 Å². The monoisotopic (exact) mass is 479 g/mol. The van der Waals surface area contributed by atoms with Gasteiger partial charge in [0.2, 0.25) is 0 Å². The van der Waals surface area contributed by atoms with E-state index >= 15 is 0 Å². The van der Waals surface area contributed by atoms with Gasteiger partial charge in [-0.2, -0.15) is 0 Å². The molecule has 1 aliphatic carbocycles. The lowest BCUT2D eigenvalue weighted by Crippen LogP contribution is -2.38. The number of carbonyl (C=O) groups excluding carboxylic acids is 2. The summed E-state index contributed by atoms with van der Waals surface area (Å²) in [5.74, 6) is -0.306. The van der Waals surface area contributed by atoms with Crippen molar-refractivity contribution in [2.24, 2.45) is 17.3 Å². The Kier molecular flexibility index (Phi) is 8.90. The zero-order valence-corrected chi connectivity index (χ0v) is 20.8. The van der Waals surface area contributed by atoms with Gasteiger partial charge in [0, 0.05) is 17.8 Å². The number of carboxylic acids is 1. The lowest BCUT2D eigenvalue weighted by molar-refractivity contribution is -0.136. The highest BCUT2D eigenvalue weighted by Gasteiger charge is 2.34. The highest BCUT2D eigenvalue weighted by molar-refractivity contribution is 5.94. The number of anilines is 1. The van der Waals surface area contributed by atoms with Gasteiger partial charge in [-0.25, -0.2) is 4.79 Å². The third kappa shape index (κ3) is 7.84. The Morgan fingerprint density at radius 2 is 1.57 bits per heavy atom. The first-order valence-corrected chi connectivity index (χ1v) is 12.4. The Morgan fingerprint density at radius 3 is 2.14 bits per heavy atom. The normalized spacial score (nSPS) is 18.8. The van der Waals surface area contributed by atoms with Crippen molar-refractivity contribution in [3.8, 4) is 0 Å².